The number of Topliss-reactive ketones (excluding diaryl/α,β-unsaturated/α-hetero) is 1. The third-order valence-corrected chi connectivity index (χ3v) is 6.47. The first kappa shape index (κ1) is 21.7. The number of methoxy groups -OCH3 is 1. The van der Waals surface area contributed by atoms with Crippen molar-refractivity contribution in [1.82, 2.24) is 14.3 Å². The molecule has 2 fully saturated rings. The smallest absolute Gasteiger partial charge is 0.410 e. The van der Waals surface area contributed by atoms with Crippen LogP contribution in [0.15, 0.2) is 18.3 Å². The first-order chi connectivity index (χ1) is 14.4. The van der Waals surface area contributed by atoms with Crippen LogP contribution >= 0.6 is 0 Å². The molecular weight excluding hydrogens is 394 g/mol. The number of amides is 1. The molecule has 1 unspecified atom stereocenters. The van der Waals surface area contributed by atoms with Crippen LogP contribution in [-0.4, -0.2) is 52.0 Å². The normalized spacial score (nSPS) is 23.1. The summed E-state index contributed by atoms with van der Waals surface area (Å²) in [6.07, 6.45) is 2.11. The first-order valence-corrected chi connectivity index (χ1v) is 10.9. The standard InChI is InChI=1S/C24H33N3O4/c1-14-18-10-15(30-7)8-9-27(18)21(25-14)24(5,6)11-19(28)20-16-12-26(13-17(16)20)22(29)31-23(2,3)4/h8-10,16-17,20H,11-13H2,1-7H3/t16-,17+,20?. The quantitative estimate of drug-likeness (QED) is 0.721. The number of imidazole rings is 1. The molecule has 2 aliphatic rings. The van der Waals surface area contributed by atoms with Crippen molar-refractivity contribution in [3.8, 4) is 5.75 Å². The molecular formula is C24H33N3O4. The summed E-state index contributed by atoms with van der Waals surface area (Å²) in [4.78, 5) is 32.0. The number of hydrogen-bond donors (Lipinski definition) is 0. The van der Waals surface area contributed by atoms with E-state index in [4.69, 9.17) is 14.5 Å². The van der Waals surface area contributed by atoms with Crippen LogP contribution in [0.25, 0.3) is 5.52 Å². The fourth-order valence-electron chi connectivity index (χ4n) is 4.93. The highest BCUT2D eigenvalue weighted by Gasteiger charge is 2.60. The number of hydrogen-bond acceptors (Lipinski definition) is 5. The van der Waals surface area contributed by atoms with Crippen molar-refractivity contribution in [2.45, 2.75) is 59.0 Å². The Hall–Kier alpha value is -2.57. The Balaban J connectivity index is 1.42. The largest absolute Gasteiger partial charge is 0.497 e. The zero-order valence-corrected chi connectivity index (χ0v) is 19.6. The molecule has 0 aromatic carbocycles. The van der Waals surface area contributed by atoms with E-state index >= 15 is 0 Å². The minimum absolute atomic E-state index is 0.0466. The zero-order chi connectivity index (χ0) is 22.7. The summed E-state index contributed by atoms with van der Waals surface area (Å²) in [6.45, 7) is 13.0. The van der Waals surface area contributed by atoms with E-state index in [1.54, 1.807) is 12.0 Å². The Bertz CT molecular complexity index is 1020. The number of carbonyl (C=O) groups is 2. The van der Waals surface area contributed by atoms with E-state index in [0.717, 1.165) is 22.8 Å². The van der Waals surface area contributed by atoms with Gasteiger partial charge >= 0.3 is 6.09 Å². The lowest BCUT2D eigenvalue weighted by Gasteiger charge is -2.26. The van der Waals surface area contributed by atoms with Crippen LogP contribution < -0.4 is 4.74 Å². The molecule has 7 nitrogen and oxygen atoms in total. The van der Waals surface area contributed by atoms with Crippen LogP contribution in [-0.2, 0) is 14.9 Å². The van der Waals surface area contributed by atoms with E-state index in [9.17, 15) is 9.59 Å². The summed E-state index contributed by atoms with van der Waals surface area (Å²) in [5.74, 6) is 2.52. The third-order valence-electron chi connectivity index (χ3n) is 6.47. The van der Waals surface area contributed by atoms with Crippen LogP contribution in [0.1, 0.15) is 52.6 Å². The van der Waals surface area contributed by atoms with Crippen molar-refractivity contribution in [2.24, 2.45) is 17.8 Å². The monoisotopic (exact) mass is 427 g/mol. The van der Waals surface area contributed by atoms with Crippen molar-refractivity contribution in [2.75, 3.05) is 20.2 Å². The van der Waals surface area contributed by atoms with Gasteiger partial charge in [-0.25, -0.2) is 9.78 Å². The van der Waals surface area contributed by atoms with Crippen molar-refractivity contribution in [1.29, 1.82) is 0 Å². The van der Waals surface area contributed by atoms with Crippen LogP contribution in [0.4, 0.5) is 4.79 Å². The summed E-state index contributed by atoms with van der Waals surface area (Å²) in [6, 6.07) is 3.88. The molecule has 7 heteroatoms. The number of fused-ring (bicyclic) bond motifs is 2. The van der Waals surface area contributed by atoms with E-state index in [-0.39, 0.29) is 29.6 Å². The second-order valence-corrected chi connectivity index (χ2v) is 10.6. The summed E-state index contributed by atoms with van der Waals surface area (Å²) in [5, 5.41) is 0. The van der Waals surface area contributed by atoms with Gasteiger partial charge in [-0.2, -0.15) is 0 Å². The van der Waals surface area contributed by atoms with Gasteiger partial charge in [0.2, 0.25) is 0 Å². The lowest BCUT2D eigenvalue weighted by molar-refractivity contribution is -0.122. The molecule has 168 valence electrons. The van der Waals surface area contributed by atoms with Crippen molar-refractivity contribution in [3.63, 3.8) is 0 Å². The molecule has 4 rings (SSSR count). The van der Waals surface area contributed by atoms with Gasteiger partial charge in [-0.05, 0) is 45.6 Å². The number of carbonyl (C=O) groups excluding carboxylic acids is 2. The second-order valence-electron chi connectivity index (χ2n) is 10.6. The van der Waals surface area contributed by atoms with Gasteiger partial charge in [0.1, 0.15) is 23.0 Å². The summed E-state index contributed by atoms with van der Waals surface area (Å²) < 4.78 is 12.9. The van der Waals surface area contributed by atoms with Crippen LogP contribution in [0.2, 0.25) is 0 Å². The fourth-order valence-corrected chi connectivity index (χ4v) is 4.93. The van der Waals surface area contributed by atoms with Crippen LogP contribution in [0.5, 0.6) is 5.75 Å². The van der Waals surface area contributed by atoms with Gasteiger partial charge in [0.05, 0.1) is 18.3 Å². The predicted molar refractivity (Wildman–Crippen MR) is 117 cm³/mol. The second kappa shape index (κ2) is 7.24. The summed E-state index contributed by atoms with van der Waals surface area (Å²) in [5.41, 5.74) is 1.01. The molecule has 0 N–H and O–H groups in total. The molecule has 1 aliphatic carbocycles. The number of nitrogens with zero attached hydrogens (tertiary/aromatic N) is 3. The summed E-state index contributed by atoms with van der Waals surface area (Å²) >= 11 is 0. The minimum atomic E-state index is -0.502. The lowest BCUT2D eigenvalue weighted by atomic mass is 9.84. The Morgan fingerprint density at radius 3 is 2.39 bits per heavy atom. The SMILES string of the molecule is COc1ccn2c(C(C)(C)CC(=O)C3[C@H]4CN(C(=O)OC(C)(C)C)C[C@@H]34)nc(C)c2c1. The molecule has 2 aromatic heterocycles. The van der Waals surface area contributed by atoms with E-state index < -0.39 is 11.0 Å². The van der Waals surface area contributed by atoms with Gasteiger partial charge in [-0.3, -0.25) is 4.79 Å². The number of ether oxygens (including phenoxy) is 2. The average molecular weight is 428 g/mol. The number of likely N-dealkylation sites (tertiary alicyclic amines) is 1. The maximum Gasteiger partial charge on any atom is 0.410 e. The molecule has 0 radical (unpaired) electrons. The lowest BCUT2D eigenvalue weighted by Crippen LogP contribution is -2.38. The van der Waals surface area contributed by atoms with E-state index in [1.807, 2.05) is 46.0 Å². The Morgan fingerprint density at radius 1 is 1.16 bits per heavy atom. The zero-order valence-electron chi connectivity index (χ0n) is 19.6. The van der Waals surface area contributed by atoms with E-state index in [2.05, 4.69) is 18.2 Å². The molecule has 31 heavy (non-hydrogen) atoms. The topological polar surface area (TPSA) is 73.1 Å². The predicted octanol–water partition coefficient (Wildman–Crippen LogP) is 4.00. The number of aromatic nitrogens is 2. The molecule has 0 spiro atoms. The first-order valence-electron chi connectivity index (χ1n) is 10.9. The number of ketones is 1. The molecule has 1 saturated heterocycles. The van der Waals surface area contributed by atoms with Gasteiger partial charge < -0.3 is 18.8 Å². The number of pyridine rings is 1. The molecule has 3 heterocycles. The molecule has 1 saturated carbocycles. The molecule has 1 aliphatic heterocycles. The molecule has 0 bridgehead atoms. The maximum atomic E-state index is 13.2. The van der Waals surface area contributed by atoms with Crippen molar-refractivity contribution >= 4 is 17.4 Å². The Kier molecular flexibility index (Phi) is 5.06. The number of aryl methyl sites for hydroxylation is 1. The van der Waals surface area contributed by atoms with Gasteiger partial charge in [0, 0.05) is 43.1 Å². The van der Waals surface area contributed by atoms with E-state index in [1.165, 1.54) is 0 Å². The molecule has 2 aromatic rings. The maximum absolute atomic E-state index is 13.2. The summed E-state index contributed by atoms with van der Waals surface area (Å²) in [7, 11) is 1.65. The number of rotatable bonds is 5. The van der Waals surface area contributed by atoms with Crippen molar-refractivity contribution < 1.29 is 19.1 Å². The number of piperidine rings is 1. The van der Waals surface area contributed by atoms with E-state index in [0.29, 0.717) is 19.5 Å². The Morgan fingerprint density at radius 2 is 1.81 bits per heavy atom. The highest BCUT2D eigenvalue weighted by atomic mass is 16.6. The minimum Gasteiger partial charge on any atom is -0.497 e. The van der Waals surface area contributed by atoms with Gasteiger partial charge in [0.25, 0.3) is 0 Å². The molecule has 1 amide bonds. The highest BCUT2D eigenvalue weighted by Crippen LogP contribution is 2.53. The van der Waals surface area contributed by atoms with Crippen LogP contribution in [0.3, 0.4) is 0 Å². The fraction of sp³-hybridized carbons (Fsp3) is 0.625. The van der Waals surface area contributed by atoms with Crippen LogP contribution in [0, 0.1) is 24.7 Å². The highest BCUT2D eigenvalue weighted by molar-refractivity contribution is 5.86. The third kappa shape index (κ3) is 4.02. The Labute approximate surface area is 183 Å². The average Bonchev–Trinajstić information content (AvgIpc) is 3.00. The van der Waals surface area contributed by atoms with Gasteiger partial charge in [0.15, 0.2) is 0 Å². The van der Waals surface area contributed by atoms with Gasteiger partial charge in [-0.15, -0.1) is 0 Å². The van der Waals surface area contributed by atoms with Gasteiger partial charge in [-0.1, -0.05) is 13.8 Å². The molecule has 3 atom stereocenters. The van der Waals surface area contributed by atoms with Crippen molar-refractivity contribution in [3.05, 3.63) is 29.8 Å².